The van der Waals surface area contributed by atoms with Gasteiger partial charge in [-0.3, -0.25) is 20.0 Å². The zero-order chi connectivity index (χ0) is 14.9. The number of benzene rings is 1. The molecule has 0 aliphatic rings. The standard InChI is InChI=1S/C12H12N4O4/c1-6-11(7(2)15-14-6)12(18)13-9-5-8(16(19)20)3-4-10(9)17/h3-5,17H,1-2H3,(H,13,18)(H,14,15). The van der Waals surface area contributed by atoms with Crippen LogP contribution in [0.25, 0.3) is 0 Å². The van der Waals surface area contributed by atoms with Gasteiger partial charge in [-0.15, -0.1) is 0 Å². The number of carbonyl (C=O) groups excluding carboxylic acids is 1. The Hall–Kier alpha value is -2.90. The highest BCUT2D eigenvalue weighted by Gasteiger charge is 2.18. The van der Waals surface area contributed by atoms with E-state index >= 15 is 0 Å². The van der Waals surface area contributed by atoms with Crippen molar-refractivity contribution >= 4 is 17.3 Å². The zero-order valence-corrected chi connectivity index (χ0v) is 10.8. The van der Waals surface area contributed by atoms with E-state index in [0.29, 0.717) is 17.0 Å². The van der Waals surface area contributed by atoms with E-state index in [1.807, 2.05) is 0 Å². The lowest BCUT2D eigenvalue weighted by Gasteiger charge is -2.07. The Morgan fingerprint density at radius 2 is 2.15 bits per heavy atom. The van der Waals surface area contributed by atoms with Crippen molar-refractivity contribution in [1.29, 1.82) is 0 Å². The number of nitro benzene ring substituents is 1. The van der Waals surface area contributed by atoms with Gasteiger partial charge in [-0.25, -0.2) is 0 Å². The van der Waals surface area contributed by atoms with Crippen LogP contribution in [0.1, 0.15) is 21.7 Å². The Labute approximate surface area is 113 Å². The smallest absolute Gasteiger partial charge is 0.271 e. The minimum atomic E-state index is -0.608. The number of nitro groups is 1. The Bertz CT molecular complexity index is 673. The fourth-order valence-electron chi connectivity index (χ4n) is 1.81. The van der Waals surface area contributed by atoms with Crippen LogP contribution in [-0.2, 0) is 0 Å². The largest absolute Gasteiger partial charge is 0.506 e. The molecule has 20 heavy (non-hydrogen) atoms. The number of rotatable bonds is 3. The summed E-state index contributed by atoms with van der Waals surface area (Å²) in [5.74, 6) is -0.743. The first kappa shape index (κ1) is 13.5. The van der Waals surface area contributed by atoms with Crippen molar-refractivity contribution in [3.63, 3.8) is 0 Å². The lowest BCUT2D eigenvalue weighted by molar-refractivity contribution is -0.384. The van der Waals surface area contributed by atoms with Crippen LogP contribution in [0.15, 0.2) is 18.2 Å². The van der Waals surface area contributed by atoms with Gasteiger partial charge in [-0.05, 0) is 19.9 Å². The Morgan fingerprint density at radius 3 is 2.70 bits per heavy atom. The lowest BCUT2D eigenvalue weighted by Crippen LogP contribution is -2.14. The second kappa shape index (κ2) is 5.00. The first-order chi connectivity index (χ1) is 9.40. The van der Waals surface area contributed by atoms with Crippen molar-refractivity contribution < 1.29 is 14.8 Å². The fraction of sp³-hybridized carbons (Fsp3) is 0.167. The summed E-state index contributed by atoms with van der Waals surface area (Å²) in [5, 5.41) is 29.3. The fourth-order valence-corrected chi connectivity index (χ4v) is 1.81. The second-order valence-electron chi connectivity index (χ2n) is 4.22. The minimum Gasteiger partial charge on any atom is -0.506 e. The Morgan fingerprint density at radius 1 is 1.45 bits per heavy atom. The SMILES string of the molecule is Cc1n[nH]c(C)c1C(=O)Nc1cc([N+](=O)[O-])ccc1O. The summed E-state index contributed by atoms with van der Waals surface area (Å²) in [4.78, 5) is 22.2. The van der Waals surface area contributed by atoms with Gasteiger partial charge in [0.25, 0.3) is 11.6 Å². The van der Waals surface area contributed by atoms with E-state index < -0.39 is 10.8 Å². The first-order valence-corrected chi connectivity index (χ1v) is 5.70. The van der Waals surface area contributed by atoms with Gasteiger partial charge in [-0.2, -0.15) is 5.10 Å². The van der Waals surface area contributed by atoms with Gasteiger partial charge in [0.2, 0.25) is 0 Å². The number of anilines is 1. The molecule has 0 spiro atoms. The zero-order valence-electron chi connectivity index (χ0n) is 10.8. The van der Waals surface area contributed by atoms with Gasteiger partial charge in [0.05, 0.1) is 21.9 Å². The summed E-state index contributed by atoms with van der Waals surface area (Å²) in [7, 11) is 0. The van der Waals surface area contributed by atoms with Gasteiger partial charge >= 0.3 is 0 Å². The molecule has 1 aromatic carbocycles. The van der Waals surface area contributed by atoms with E-state index in [-0.39, 0.29) is 17.1 Å². The number of phenolic OH excluding ortho intramolecular Hbond substituents is 1. The molecule has 0 saturated heterocycles. The van der Waals surface area contributed by atoms with Crippen LogP contribution in [0.3, 0.4) is 0 Å². The number of H-pyrrole nitrogens is 1. The van der Waals surface area contributed by atoms with Crippen molar-refractivity contribution in [1.82, 2.24) is 10.2 Å². The van der Waals surface area contributed by atoms with Gasteiger partial charge in [-0.1, -0.05) is 0 Å². The third-order valence-electron chi connectivity index (χ3n) is 2.79. The van der Waals surface area contributed by atoms with Crippen molar-refractivity contribution in [3.8, 4) is 5.75 Å². The van der Waals surface area contributed by atoms with Gasteiger partial charge in [0.15, 0.2) is 0 Å². The number of hydrogen-bond donors (Lipinski definition) is 3. The van der Waals surface area contributed by atoms with Crippen molar-refractivity contribution in [2.24, 2.45) is 0 Å². The third kappa shape index (κ3) is 2.44. The maximum atomic E-state index is 12.1. The minimum absolute atomic E-state index is 0.0239. The number of amides is 1. The average Bonchev–Trinajstić information content (AvgIpc) is 2.71. The van der Waals surface area contributed by atoms with Crippen LogP contribution < -0.4 is 5.32 Å². The number of hydrogen-bond acceptors (Lipinski definition) is 5. The quantitative estimate of drug-likeness (QED) is 0.449. The number of phenols is 1. The van der Waals surface area contributed by atoms with Gasteiger partial charge in [0.1, 0.15) is 5.75 Å². The van der Waals surface area contributed by atoms with Crippen molar-refractivity contribution in [2.45, 2.75) is 13.8 Å². The molecule has 1 heterocycles. The van der Waals surface area contributed by atoms with Crippen LogP contribution >= 0.6 is 0 Å². The van der Waals surface area contributed by atoms with E-state index in [0.717, 1.165) is 18.2 Å². The van der Waals surface area contributed by atoms with E-state index in [9.17, 15) is 20.0 Å². The van der Waals surface area contributed by atoms with Gasteiger partial charge < -0.3 is 10.4 Å². The van der Waals surface area contributed by atoms with Crippen LogP contribution in [0, 0.1) is 24.0 Å². The average molecular weight is 276 g/mol. The van der Waals surface area contributed by atoms with Crippen LogP contribution in [0.2, 0.25) is 0 Å². The van der Waals surface area contributed by atoms with Gasteiger partial charge in [0, 0.05) is 17.8 Å². The summed E-state index contributed by atoms with van der Waals surface area (Å²) in [5.41, 5.74) is 1.17. The monoisotopic (exact) mass is 276 g/mol. The number of aryl methyl sites for hydroxylation is 2. The molecule has 0 aliphatic heterocycles. The van der Waals surface area contributed by atoms with E-state index in [2.05, 4.69) is 15.5 Å². The predicted octanol–water partition coefficient (Wildman–Crippen LogP) is 1.89. The van der Waals surface area contributed by atoms with Crippen molar-refractivity contribution in [3.05, 3.63) is 45.3 Å². The maximum Gasteiger partial charge on any atom is 0.271 e. The molecule has 0 bridgehead atoms. The van der Waals surface area contributed by atoms with Crippen LogP contribution in [0.5, 0.6) is 5.75 Å². The van der Waals surface area contributed by atoms with E-state index in [4.69, 9.17) is 0 Å². The van der Waals surface area contributed by atoms with E-state index in [1.54, 1.807) is 13.8 Å². The molecule has 0 atom stereocenters. The van der Waals surface area contributed by atoms with E-state index in [1.165, 1.54) is 0 Å². The molecule has 2 rings (SSSR count). The molecule has 1 aromatic heterocycles. The molecule has 0 saturated carbocycles. The topological polar surface area (TPSA) is 121 Å². The molecular formula is C12H12N4O4. The normalized spacial score (nSPS) is 10.3. The van der Waals surface area contributed by atoms with Crippen LogP contribution in [-0.4, -0.2) is 26.1 Å². The summed E-state index contributed by atoms with van der Waals surface area (Å²) in [6.45, 7) is 3.34. The summed E-state index contributed by atoms with van der Waals surface area (Å²) < 4.78 is 0. The molecular weight excluding hydrogens is 264 g/mol. The number of carbonyl (C=O) groups is 1. The number of nitrogens with zero attached hydrogens (tertiary/aromatic N) is 2. The summed E-state index contributed by atoms with van der Waals surface area (Å²) in [6.07, 6.45) is 0. The molecule has 0 fully saturated rings. The molecule has 1 amide bonds. The number of aromatic amines is 1. The lowest BCUT2D eigenvalue weighted by atomic mass is 10.1. The highest BCUT2D eigenvalue weighted by molar-refractivity contribution is 6.06. The molecule has 8 heteroatoms. The van der Waals surface area contributed by atoms with Crippen LogP contribution in [0.4, 0.5) is 11.4 Å². The summed E-state index contributed by atoms with van der Waals surface area (Å²) in [6, 6.07) is 3.40. The number of nitrogens with one attached hydrogen (secondary N) is 2. The highest BCUT2D eigenvalue weighted by Crippen LogP contribution is 2.28. The third-order valence-corrected chi connectivity index (χ3v) is 2.79. The number of aromatic hydroxyl groups is 1. The molecule has 0 aliphatic carbocycles. The second-order valence-corrected chi connectivity index (χ2v) is 4.22. The number of aromatic nitrogens is 2. The number of non-ortho nitro benzene ring substituents is 1. The Balaban J connectivity index is 2.33. The molecule has 104 valence electrons. The molecule has 0 unspecified atom stereocenters. The molecule has 2 aromatic rings. The highest BCUT2D eigenvalue weighted by atomic mass is 16.6. The maximum absolute atomic E-state index is 12.1. The first-order valence-electron chi connectivity index (χ1n) is 5.70. The molecule has 0 radical (unpaired) electrons. The Kier molecular flexibility index (Phi) is 3.38. The van der Waals surface area contributed by atoms with Crippen molar-refractivity contribution in [2.75, 3.05) is 5.32 Å². The molecule has 3 N–H and O–H groups in total. The predicted molar refractivity (Wildman–Crippen MR) is 70.8 cm³/mol. The summed E-state index contributed by atoms with van der Waals surface area (Å²) >= 11 is 0. The molecule has 8 nitrogen and oxygen atoms in total.